The van der Waals surface area contributed by atoms with Crippen molar-refractivity contribution >= 4 is 33.2 Å². The molecule has 0 heterocycles. The molecule has 0 fully saturated rings. The molecule has 2 rings (SSSR count). The molecule has 0 unspecified atom stereocenters. The first-order chi connectivity index (χ1) is 9.19. The molecule has 2 nitrogen and oxygen atoms in total. The lowest BCUT2D eigenvalue weighted by Gasteiger charge is -2.10. The number of ether oxygens (including phenoxy) is 1. The van der Waals surface area contributed by atoms with Crippen LogP contribution in [0.15, 0.2) is 46.9 Å². The Bertz CT molecular complexity index is 560. The Kier molecular flexibility index (Phi) is 5.11. The molecule has 100 valence electrons. The normalized spacial score (nSPS) is 10.3. The zero-order valence-corrected chi connectivity index (χ0v) is 13.0. The zero-order chi connectivity index (χ0) is 13.7. The van der Waals surface area contributed by atoms with Crippen molar-refractivity contribution in [3.8, 4) is 5.75 Å². The van der Waals surface area contributed by atoms with Crippen molar-refractivity contribution in [1.82, 2.24) is 0 Å². The van der Waals surface area contributed by atoms with Crippen LogP contribution in [0.25, 0.3) is 0 Å². The number of halogens is 2. The summed E-state index contributed by atoms with van der Waals surface area (Å²) in [6.45, 7) is 3.38. The molecule has 4 heteroatoms. The van der Waals surface area contributed by atoms with Crippen LogP contribution in [-0.2, 0) is 6.54 Å². The smallest absolute Gasteiger partial charge is 0.121 e. The minimum atomic E-state index is 0.673. The van der Waals surface area contributed by atoms with Gasteiger partial charge in [0.25, 0.3) is 0 Å². The van der Waals surface area contributed by atoms with Crippen LogP contribution in [0.1, 0.15) is 12.5 Å². The minimum absolute atomic E-state index is 0.673. The van der Waals surface area contributed by atoms with E-state index < -0.39 is 0 Å². The van der Waals surface area contributed by atoms with Crippen LogP contribution < -0.4 is 10.1 Å². The Balaban J connectivity index is 2.03. The van der Waals surface area contributed by atoms with Crippen LogP contribution in [0.4, 0.5) is 5.69 Å². The van der Waals surface area contributed by atoms with E-state index in [4.69, 9.17) is 16.3 Å². The summed E-state index contributed by atoms with van der Waals surface area (Å²) in [5.41, 5.74) is 2.19. The second kappa shape index (κ2) is 6.83. The summed E-state index contributed by atoms with van der Waals surface area (Å²) in [5, 5.41) is 4.10. The average molecular weight is 341 g/mol. The number of hydrogen-bond donors (Lipinski definition) is 1. The number of rotatable bonds is 5. The first-order valence-electron chi connectivity index (χ1n) is 6.09. The van der Waals surface area contributed by atoms with Crippen molar-refractivity contribution in [2.24, 2.45) is 0 Å². The maximum absolute atomic E-state index is 5.92. The van der Waals surface area contributed by atoms with Gasteiger partial charge in [-0.05, 0) is 36.8 Å². The fraction of sp³-hybridized carbons (Fsp3) is 0.200. The first-order valence-corrected chi connectivity index (χ1v) is 7.27. The Labute approximate surface area is 126 Å². The van der Waals surface area contributed by atoms with E-state index in [0.717, 1.165) is 33.0 Å². The second-order valence-corrected chi connectivity index (χ2v) is 5.34. The standard InChI is InChI=1S/C15H15BrClNO/c1-2-19-14-5-3-4-13(9-14)18-10-11-6-7-12(17)8-15(11)16/h3-9,18H,2,10H2,1H3. The topological polar surface area (TPSA) is 21.3 Å². The molecule has 0 saturated carbocycles. The van der Waals surface area contributed by atoms with E-state index in [1.54, 1.807) is 0 Å². The third kappa shape index (κ3) is 4.15. The molecule has 0 aliphatic heterocycles. The molecule has 0 aliphatic carbocycles. The van der Waals surface area contributed by atoms with E-state index in [1.165, 1.54) is 0 Å². The summed E-state index contributed by atoms with van der Waals surface area (Å²) in [5.74, 6) is 0.877. The highest BCUT2D eigenvalue weighted by Gasteiger charge is 2.01. The predicted molar refractivity (Wildman–Crippen MR) is 84.1 cm³/mol. The average Bonchev–Trinajstić information content (AvgIpc) is 2.38. The molecule has 0 amide bonds. The third-order valence-corrected chi connectivity index (χ3v) is 3.62. The Hall–Kier alpha value is -1.19. The number of nitrogens with one attached hydrogen (secondary N) is 1. The highest BCUT2D eigenvalue weighted by molar-refractivity contribution is 9.10. The lowest BCUT2D eigenvalue weighted by molar-refractivity contribution is 0.340. The van der Waals surface area contributed by atoms with Gasteiger partial charge in [-0.25, -0.2) is 0 Å². The molecule has 0 saturated heterocycles. The van der Waals surface area contributed by atoms with Crippen molar-refractivity contribution in [2.45, 2.75) is 13.5 Å². The van der Waals surface area contributed by atoms with E-state index in [9.17, 15) is 0 Å². The van der Waals surface area contributed by atoms with E-state index in [-0.39, 0.29) is 0 Å². The maximum Gasteiger partial charge on any atom is 0.121 e. The number of anilines is 1. The van der Waals surface area contributed by atoms with Crippen molar-refractivity contribution in [1.29, 1.82) is 0 Å². The second-order valence-electron chi connectivity index (χ2n) is 4.05. The van der Waals surface area contributed by atoms with E-state index >= 15 is 0 Å². The predicted octanol–water partition coefficient (Wildman–Crippen LogP) is 5.11. The van der Waals surface area contributed by atoms with E-state index in [2.05, 4.69) is 21.2 Å². The molecule has 0 atom stereocenters. The molecule has 0 aromatic heterocycles. The van der Waals surface area contributed by atoms with Gasteiger partial charge in [-0.2, -0.15) is 0 Å². The monoisotopic (exact) mass is 339 g/mol. The molecule has 19 heavy (non-hydrogen) atoms. The molecule has 2 aromatic carbocycles. The van der Waals surface area contributed by atoms with Crippen LogP contribution >= 0.6 is 27.5 Å². The van der Waals surface area contributed by atoms with Crippen molar-refractivity contribution in [3.05, 3.63) is 57.5 Å². The van der Waals surface area contributed by atoms with Gasteiger partial charge in [-0.1, -0.05) is 39.7 Å². The van der Waals surface area contributed by atoms with Crippen LogP contribution in [-0.4, -0.2) is 6.61 Å². The van der Waals surface area contributed by atoms with Gasteiger partial charge in [0.2, 0.25) is 0 Å². The van der Waals surface area contributed by atoms with Gasteiger partial charge in [0.05, 0.1) is 6.61 Å². The maximum atomic E-state index is 5.92. The van der Waals surface area contributed by atoms with Crippen molar-refractivity contribution in [2.75, 3.05) is 11.9 Å². The lowest BCUT2D eigenvalue weighted by Crippen LogP contribution is -2.00. The third-order valence-electron chi connectivity index (χ3n) is 2.64. The van der Waals surface area contributed by atoms with Crippen molar-refractivity contribution < 1.29 is 4.74 Å². The molecular formula is C15H15BrClNO. The fourth-order valence-corrected chi connectivity index (χ4v) is 2.55. The molecule has 0 bridgehead atoms. The quantitative estimate of drug-likeness (QED) is 0.816. The molecule has 0 radical (unpaired) electrons. The van der Waals surface area contributed by atoms with Crippen molar-refractivity contribution in [3.63, 3.8) is 0 Å². The van der Waals surface area contributed by atoms with Crippen LogP contribution in [0, 0.1) is 0 Å². The molecule has 1 N–H and O–H groups in total. The Morgan fingerprint density at radius 3 is 2.79 bits per heavy atom. The van der Waals surface area contributed by atoms with Gasteiger partial charge in [-0.15, -0.1) is 0 Å². The molecule has 0 aliphatic rings. The van der Waals surface area contributed by atoms with Gasteiger partial charge in [0.1, 0.15) is 5.75 Å². The highest BCUT2D eigenvalue weighted by atomic mass is 79.9. The summed E-state index contributed by atoms with van der Waals surface area (Å²) in [6.07, 6.45) is 0. The minimum Gasteiger partial charge on any atom is -0.494 e. The van der Waals surface area contributed by atoms with Crippen LogP contribution in [0.2, 0.25) is 5.02 Å². The first kappa shape index (κ1) is 14.2. The van der Waals surface area contributed by atoms with Gasteiger partial charge in [0.15, 0.2) is 0 Å². The van der Waals surface area contributed by atoms with Gasteiger partial charge >= 0.3 is 0 Å². The van der Waals surface area contributed by atoms with Gasteiger partial charge in [0, 0.05) is 27.8 Å². The highest BCUT2D eigenvalue weighted by Crippen LogP contribution is 2.23. The van der Waals surface area contributed by atoms with Crippen LogP contribution in [0.3, 0.4) is 0 Å². The Morgan fingerprint density at radius 2 is 2.05 bits per heavy atom. The van der Waals surface area contributed by atoms with E-state index in [0.29, 0.717) is 6.61 Å². The van der Waals surface area contributed by atoms with E-state index in [1.807, 2.05) is 49.4 Å². The molecule has 2 aromatic rings. The van der Waals surface area contributed by atoms with Crippen LogP contribution in [0.5, 0.6) is 5.75 Å². The van der Waals surface area contributed by atoms with Gasteiger partial charge in [-0.3, -0.25) is 0 Å². The fourth-order valence-electron chi connectivity index (χ4n) is 1.72. The SMILES string of the molecule is CCOc1cccc(NCc2ccc(Cl)cc2Br)c1. The Morgan fingerprint density at radius 1 is 1.21 bits per heavy atom. The number of benzene rings is 2. The summed E-state index contributed by atoms with van der Waals surface area (Å²) in [7, 11) is 0. The number of hydrogen-bond acceptors (Lipinski definition) is 2. The summed E-state index contributed by atoms with van der Waals surface area (Å²) < 4.78 is 6.48. The summed E-state index contributed by atoms with van der Waals surface area (Å²) in [6, 6.07) is 13.7. The lowest BCUT2D eigenvalue weighted by atomic mass is 10.2. The zero-order valence-electron chi connectivity index (χ0n) is 10.6. The molecule has 0 spiro atoms. The summed E-state index contributed by atoms with van der Waals surface area (Å²) >= 11 is 9.43. The largest absolute Gasteiger partial charge is 0.494 e. The molecular weight excluding hydrogens is 326 g/mol. The summed E-state index contributed by atoms with van der Waals surface area (Å²) in [4.78, 5) is 0. The van der Waals surface area contributed by atoms with Gasteiger partial charge < -0.3 is 10.1 Å².